The van der Waals surface area contributed by atoms with E-state index in [4.69, 9.17) is 16.5 Å². The van der Waals surface area contributed by atoms with Crippen LogP contribution in [0.25, 0.3) is 0 Å². The van der Waals surface area contributed by atoms with Crippen molar-refractivity contribution in [2.45, 2.75) is 72.0 Å². The lowest BCUT2D eigenvalue weighted by molar-refractivity contribution is 0.240. The van der Waals surface area contributed by atoms with Crippen LogP contribution in [0.1, 0.15) is 0 Å². The van der Waals surface area contributed by atoms with Gasteiger partial charge in [-0.05, 0) is 65.5 Å². The second-order valence-electron chi connectivity index (χ2n) is 7.96. The molecular weight excluding hydrogens is 337 g/mol. The summed E-state index contributed by atoms with van der Waals surface area (Å²) in [5, 5.41) is 0. The topological polar surface area (TPSA) is 36.9 Å². The smallest absolute Gasteiger partial charge is 0.437 e. The second kappa shape index (κ2) is 7.00. The van der Waals surface area contributed by atoms with Crippen LogP contribution in [-0.4, -0.2) is 43.0 Å². The van der Waals surface area contributed by atoms with E-state index in [9.17, 15) is 0 Å². The van der Waals surface area contributed by atoms with Crippen molar-refractivity contribution in [3.63, 3.8) is 0 Å². The maximum Gasteiger partial charge on any atom is 0.467 e. The Labute approximate surface area is 131 Å². The van der Waals surface area contributed by atoms with Crippen LogP contribution in [0.5, 0.6) is 0 Å². The molecule has 9 heteroatoms. The minimum atomic E-state index is -2.60. The monoisotopic (exact) mass is 370 g/mol. The first-order valence-corrected chi connectivity index (χ1v) is 22.0. The Morgan fingerprint density at radius 1 is 0.600 bits per heavy atom. The predicted molar refractivity (Wildman–Crippen MR) is 99.0 cm³/mol. The number of hydrogen-bond acceptors (Lipinski definition) is 4. The number of hydrogen-bond donors (Lipinski definition) is 0. The highest BCUT2D eigenvalue weighted by Gasteiger charge is 2.47. The van der Waals surface area contributed by atoms with E-state index in [1.54, 1.807) is 0 Å². The molecule has 0 amide bonds. The molecule has 0 aliphatic rings. The van der Waals surface area contributed by atoms with Gasteiger partial charge in [-0.3, -0.25) is 0 Å². The minimum Gasteiger partial charge on any atom is -0.437 e. The highest BCUT2D eigenvalue weighted by molar-refractivity contribution is 6.89. The summed E-state index contributed by atoms with van der Waals surface area (Å²) in [6, 6.07) is 0. The van der Waals surface area contributed by atoms with Gasteiger partial charge in [-0.15, -0.1) is 0 Å². The van der Waals surface area contributed by atoms with E-state index in [1.165, 1.54) is 0 Å². The first-order chi connectivity index (χ1) is 8.54. The van der Waals surface area contributed by atoms with E-state index in [1.807, 2.05) is 6.55 Å². The molecule has 20 heavy (non-hydrogen) atoms. The molecule has 0 spiro atoms. The lowest BCUT2D eigenvalue weighted by Crippen LogP contribution is -2.59. The fourth-order valence-electron chi connectivity index (χ4n) is 2.26. The standard InChI is InChI=1S/C11H34O4Si5/c1-16(2)12-20(11,14-18(6,7)8)15-19(9,10)13-17(3,4)5/h16H,1-11H3. The fourth-order valence-corrected chi connectivity index (χ4v) is 21.9. The Kier molecular flexibility index (Phi) is 7.33. The van der Waals surface area contributed by atoms with Crippen molar-refractivity contribution in [1.82, 2.24) is 0 Å². The third-order valence-electron chi connectivity index (χ3n) is 1.92. The Morgan fingerprint density at radius 3 is 1.30 bits per heavy atom. The molecule has 0 aromatic heterocycles. The molecule has 0 aliphatic carbocycles. The zero-order valence-electron chi connectivity index (χ0n) is 15.2. The van der Waals surface area contributed by atoms with E-state index in [-0.39, 0.29) is 0 Å². The Balaban J connectivity index is 5.06. The van der Waals surface area contributed by atoms with Crippen LogP contribution in [0, 0.1) is 0 Å². The van der Waals surface area contributed by atoms with E-state index in [2.05, 4.69) is 65.5 Å². The fraction of sp³-hybridized carbons (Fsp3) is 1.00. The second-order valence-corrected chi connectivity index (χ2v) is 26.4. The SMILES string of the molecule is C[SiH](C)O[Si](C)(O[Si](C)(C)C)O[Si](C)(C)O[Si](C)(C)C. The van der Waals surface area contributed by atoms with E-state index >= 15 is 0 Å². The molecule has 122 valence electrons. The van der Waals surface area contributed by atoms with Gasteiger partial charge in [-0.25, -0.2) is 0 Å². The van der Waals surface area contributed by atoms with E-state index < -0.39 is 43.0 Å². The molecule has 0 aliphatic heterocycles. The molecule has 0 saturated carbocycles. The molecule has 0 heterocycles. The van der Waals surface area contributed by atoms with Gasteiger partial charge in [-0.1, -0.05) is 0 Å². The first kappa shape index (κ1) is 20.9. The van der Waals surface area contributed by atoms with Gasteiger partial charge in [-0.2, -0.15) is 0 Å². The highest BCUT2D eigenvalue weighted by atomic mass is 28.5. The van der Waals surface area contributed by atoms with Gasteiger partial charge in [0.2, 0.25) is 0 Å². The van der Waals surface area contributed by atoms with Crippen molar-refractivity contribution in [2.24, 2.45) is 0 Å². The first-order valence-electron chi connectivity index (χ1n) is 7.32. The van der Waals surface area contributed by atoms with Crippen molar-refractivity contribution in [2.75, 3.05) is 0 Å². The molecule has 0 fully saturated rings. The Morgan fingerprint density at radius 2 is 1.00 bits per heavy atom. The number of rotatable bonds is 8. The summed E-state index contributed by atoms with van der Waals surface area (Å²) in [7, 11) is -9.37. The molecule has 4 nitrogen and oxygen atoms in total. The molecule has 0 saturated heterocycles. The summed E-state index contributed by atoms with van der Waals surface area (Å²) in [5.74, 6) is 0. The van der Waals surface area contributed by atoms with Gasteiger partial charge in [0.05, 0.1) is 0 Å². The third-order valence-corrected chi connectivity index (χ3v) is 17.3. The molecule has 0 radical (unpaired) electrons. The summed E-state index contributed by atoms with van der Waals surface area (Å²) in [6.07, 6.45) is 0. The van der Waals surface area contributed by atoms with Crippen LogP contribution in [0.4, 0.5) is 0 Å². The van der Waals surface area contributed by atoms with Gasteiger partial charge < -0.3 is 16.5 Å². The molecule has 1 atom stereocenters. The molecule has 0 rings (SSSR count). The van der Waals surface area contributed by atoms with Crippen molar-refractivity contribution in [1.29, 1.82) is 0 Å². The average Bonchev–Trinajstić information content (AvgIpc) is 1.86. The molecule has 0 N–H and O–H groups in total. The van der Waals surface area contributed by atoms with Crippen LogP contribution in [0.3, 0.4) is 0 Å². The summed E-state index contributed by atoms with van der Waals surface area (Å²) in [4.78, 5) is 0. The summed E-state index contributed by atoms with van der Waals surface area (Å²) < 4.78 is 25.2. The highest BCUT2D eigenvalue weighted by Crippen LogP contribution is 2.25. The van der Waals surface area contributed by atoms with Crippen molar-refractivity contribution in [3.05, 3.63) is 0 Å². The van der Waals surface area contributed by atoms with Crippen LogP contribution < -0.4 is 0 Å². The predicted octanol–water partition coefficient (Wildman–Crippen LogP) is 3.98. The molecule has 0 bridgehead atoms. The maximum absolute atomic E-state index is 6.40. The molecule has 0 aromatic rings. The van der Waals surface area contributed by atoms with Crippen molar-refractivity contribution < 1.29 is 16.5 Å². The molecular formula is C11H34O4Si5. The summed E-state index contributed by atoms with van der Waals surface area (Å²) >= 11 is 0. The van der Waals surface area contributed by atoms with Crippen LogP contribution >= 0.6 is 0 Å². The lowest BCUT2D eigenvalue weighted by Gasteiger charge is -2.41. The van der Waals surface area contributed by atoms with Crippen molar-refractivity contribution >= 4 is 43.0 Å². The average molecular weight is 371 g/mol. The molecule has 1 unspecified atom stereocenters. The van der Waals surface area contributed by atoms with E-state index in [0.717, 1.165) is 0 Å². The summed E-state index contributed by atoms with van der Waals surface area (Å²) in [6.45, 7) is 23.7. The van der Waals surface area contributed by atoms with Gasteiger partial charge in [0.15, 0.2) is 25.7 Å². The van der Waals surface area contributed by atoms with Crippen LogP contribution in [-0.2, 0) is 16.5 Å². The molecule has 0 aromatic carbocycles. The lowest BCUT2D eigenvalue weighted by atomic mass is 11.8. The summed E-state index contributed by atoms with van der Waals surface area (Å²) in [5.41, 5.74) is 0. The Bertz CT molecular complexity index is 311. The zero-order valence-corrected chi connectivity index (χ0v) is 20.4. The van der Waals surface area contributed by atoms with E-state index in [0.29, 0.717) is 0 Å². The van der Waals surface area contributed by atoms with Gasteiger partial charge in [0, 0.05) is 6.55 Å². The van der Waals surface area contributed by atoms with Gasteiger partial charge in [0.25, 0.3) is 0 Å². The normalized spacial score (nSPS) is 17.4. The third kappa shape index (κ3) is 10.6. The Hall–Kier alpha value is 0.924. The minimum absolute atomic E-state index is 1.22. The van der Waals surface area contributed by atoms with Gasteiger partial charge >= 0.3 is 17.4 Å². The van der Waals surface area contributed by atoms with Crippen LogP contribution in [0.2, 0.25) is 72.0 Å². The largest absolute Gasteiger partial charge is 0.467 e. The van der Waals surface area contributed by atoms with Gasteiger partial charge in [0.1, 0.15) is 0 Å². The maximum atomic E-state index is 6.40. The van der Waals surface area contributed by atoms with Crippen LogP contribution in [0.15, 0.2) is 0 Å². The van der Waals surface area contributed by atoms with Crippen molar-refractivity contribution in [3.8, 4) is 0 Å². The quantitative estimate of drug-likeness (QED) is 0.606. The zero-order chi connectivity index (χ0) is 16.4.